The van der Waals surface area contributed by atoms with E-state index in [4.69, 9.17) is 22.1 Å². The SMILES string of the molecule is CCC(N)Cc1ccc(Oc2cccc(F)c2)cc1Cl. The summed E-state index contributed by atoms with van der Waals surface area (Å²) in [7, 11) is 0. The van der Waals surface area contributed by atoms with Gasteiger partial charge in [-0.15, -0.1) is 0 Å². The minimum absolute atomic E-state index is 0.0995. The molecular weight excluding hydrogens is 277 g/mol. The van der Waals surface area contributed by atoms with Crippen LogP contribution in [0.4, 0.5) is 4.39 Å². The number of benzene rings is 2. The van der Waals surface area contributed by atoms with E-state index in [0.29, 0.717) is 16.5 Å². The molecule has 1 unspecified atom stereocenters. The van der Waals surface area contributed by atoms with Gasteiger partial charge in [0.1, 0.15) is 17.3 Å². The second kappa shape index (κ2) is 6.73. The van der Waals surface area contributed by atoms with E-state index in [1.165, 1.54) is 12.1 Å². The first-order valence-electron chi connectivity index (χ1n) is 6.56. The molecule has 20 heavy (non-hydrogen) atoms. The highest BCUT2D eigenvalue weighted by Gasteiger charge is 2.07. The van der Waals surface area contributed by atoms with Gasteiger partial charge >= 0.3 is 0 Å². The molecule has 4 heteroatoms. The van der Waals surface area contributed by atoms with Crippen molar-refractivity contribution >= 4 is 11.6 Å². The Morgan fingerprint density at radius 3 is 2.60 bits per heavy atom. The zero-order valence-corrected chi connectivity index (χ0v) is 12.0. The molecule has 0 saturated carbocycles. The van der Waals surface area contributed by atoms with Crippen LogP contribution in [0.15, 0.2) is 42.5 Å². The fourth-order valence-electron chi connectivity index (χ4n) is 1.85. The molecule has 0 aliphatic rings. The molecule has 1 atom stereocenters. The summed E-state index contributed by atoms with van der Waals surface area (Å²) in [6.07, 6.45) is 1.63. The Morgan fingerprint density at radius 1 is 1.20 bits per heavy atom. The highest BCUT2D eigenvalue weighted by molar-refractivity contribution is 6.31. The molecule has 0 radical (unpaired) electrons. The molecule has 2 nitrogen and oxygen atoms in total. The van der Waals surface area contributed by atoms with Crippen molar-refractivity contribution in [3.05, 3.63) is 58.9 Å². The standard InChI is InChI=1S/C16H17ClFNO/c1-2-13(19)8-11-6-7-15(10-16(11)17)20-14-5-3-4-12(18)9-14/h3-7,9-10,13H,2,8,19H2,1H3. The quantitative estimate of drug-likeness (QED) is 0.877. The molecule has 0 heterocycles. The van der Waals surface area contributed by atoms with Crippen LogP contribution in [-0.2, 0) is 6.42 Å². The lowest BCUT2D eigenvalue weighted by Gasteiger charge is -2.12. The zero-order chi connectivity index (χ0) is 14.5. The molecule has 2 aromatic rings. The van der Waals surface area contributed by atoms with Crippen molar-refractivity contribution in [3.63, 3.8) is 0 Å². The van der Waals surface area contributed by atoms with Gasteiger partial charge in [0.15, 0.2) is 0 Å². The molecule has 0 saturated heterocycles. The van der Waals surface area contributed by atoms with E-state index >= 15 is 0 Å². The summed E-state index contributed by atoms with van der Waals surface area (Å²) in [5.41, 5.74) is 6.91. The van der Waals surface area contributed by atoms with Gasteiger partial charge in [-0.25, -0.2) is 4.39 Å². The largest absolute Gasteiger partial charge is 0.457 e. The van der Waals surface area contributed by atoms with Crippen LogP contribution >= 0.6 is 11.6 Å². The Kier molecular flexibility index (Phi) is 4.99. The minimum Gasteiger partial charge on any atom is -0.457 e. The molecule has 2 rings (SSSR count). The maximum Gasteiger partial charge on any atom is 0.130 e. The van der Waals surface area contributed by atoms with Crippen LogP contribution in [0.25, 0.3) is 0 Å². The van der Waals surface area contributed by atoms with Crippen molar-refractivity contribution in [2.45, 2.75) is 25.8 Å². The first kappa shape index (κ1) is 14.8. The predicted molar refractivity (Wildman–Crippen MR) is 79.9 cm³/mol. The summed E-state index contributed by atoms with van der Waals surface area (Å²) in [6.45, 7) is 2.04. The first-order chi connectivity index (χ1) is 9.58. The van der Waals surface area contributed by atoms with E-state index in [2.05, 4.69) is 0 Å². The molecule has 0 spiro atoms. The van der Waals surface area contributed by atoms with Gasteiger partial charge in [-0.2, -0.15) is 0 Å². The molecule has 0 amide bonds. The van der Waals surface area contributed by atoms with E-state index in [-0.39, 0.29) is 11.9 Å². The fraction of sp³-hybridized carbons (Fsp3) is 0.250. The number of hydrogen-bond donors (Lipinski definition) is 1. The Hall–Kier alpha value is -1.58. The monoisotopic (exact) mass is 293 g/mol. The van der Waals surface area contributed by atoms with Gasteiger partial charge in [0, 0.05) is 17.1 Å². The van der Waals surface area contributed by atoms with Crippen molar-refractivity contribution in [1.82, 2.24) is 0 Å². The third-order valence-corrected chi connectivity index (χ3v) is 3.41. The van der Waals surface area contributed by atoms with Gasteiger partial charge < -0.3 is 10.5 Å². The predicted octanol–water partition coefficient (Wildman–Crippen LogP) is 4.55. The maximum absolute atomic E-state index is 13.1. The van der Waals surface area contributed by atoms with Crippen molar-refractivity contribution in [2.75, 3.05) is 0 Å². The second-order valence-corrected chi connectivity index (χ2v) is 5.09. The number of rotatable bonds is 5. The Bertz CT molecular complexity index is 588. The molecule has 2 aromatic carbocycles. The van der Waals surface area contributed by atoms with Crippen molar-refractivity contribution in [1.29, 1.82) is 0 Å². The van der Waals surface area contributed by atoms with Gasteiger partial charge in [-0.3, -0.25) is 0 Å². The van der Waals surface area contributed by atoms with Gasteiger partial charge in [-0.05, 0) is 42.7 Å². The molecule has 106 valence electrons. The van der Waals surface area contributed by atoms with E-state index in [0.717, 1.165) is 18.4 Å². The summed E-state index contributed by atoms with van der Waals surface area (Å²) in [5.74, 6) is 0.688. The Morgan fingerprint density at radius 2 is 1.95 bits per heavy atom. The topological polar surface area (TPSA) is 35.2 Å². The number of ether oxygens (including phenoxy) is 1. The van der Waals surface area contributed by atoms with E-state index in [9.17, 15) is 4.39 Å². The second-order valence-electron chi connectivity index (χ2n) is 4.69. The number of nitrogens with two attached hydrogens (primary N) is 1. The molecule has 0 aromatic heterocycles. The lowest BCUT2D eigenvalue weighted by atomic mass is 10.0. The Balaban J connectivity index is 2.13. The minimum atomic E-state index is -0.334. The average molecular weight is 294 g/mol. The summed E-state index contributed by atoms with van der Waals surface area (Å²) in [6, 6.07) is 11.5. The summed E-state index contributed by atoms with van der Waals surface area (Å²) >= 11 is 6.22. The van der Waals surface area contributed by atoms with Crippen LogP contribution in [0.5, 0.6) is 11.5 Å². The van der Waals surface area contributed by atoms with Gasteiger partial charge in [-0.1, -0.05) is 30.7 Å². The lowest BCUT2D eigenvalue weighted by molar-refractivity contribution is 0.476. The van der Waals surface area contributed by atoms with Crippen molar-refractivity contribution in [2.24, 2.45) is 5.73 Å². The zero-order valence-electron chi connectivity index (χ0n) is 11.3. The number of hydrogen-bond acceptors (Lipinski definition) is 2. The van der Waals surface area contributed by atoms with Crippen LogP contribution in [0.2, 0.25) is 5.02 Å². The molecular formula is C16H17ClFNO. The van der Waals surface area contributed by atoms with Gasteiger partial charge in [0.05, 0.1) is 0 Å². The molecule has 0 aliphatic carbocycles. The summed E-state index contributed by atoms with van der Waals surface area (Å²) < 4.78 is 18.6. The number of halogens is 2. The molecule has 0 fully saturated rings. The third-order valence-electron chi connectivity index (χ3n) is 3.06. The fourth-order valence-corrected chi connectivity index (χ4v) is 2.10. The highest BCUT2D eigenvalue weighted by Crippen LogP contribution is 2.27. The van der Waals surface area contributed by atoms with E-state index in [1.807, 2.05) is 19.1 Å². The lowest BCUT2D eigenvalue weighted by Crippen LogP contribution is -2.21. The summed E-state index contributed by atoms with van der Waals surface area (Å²) in [4.78, 5) is 0. The van der Waals surface area contributed by atoms with Crippen LogP contribution in [0.1, 0.15) is 18.9 Å². The molecule has 0 aliphatic heterocycles. The smallest absolute Gasteiger partial charge is 0.130 e. The van der Waals surface area contributed by atoms with Gasteiger partial charge in [0.2, 0.25) is 0 Å². The molecule has 2 N–H and O–H groups in total. The van der Waals surface area contributed by atoms with E-state index in [1.54, 1.807) is 18.2 Å². The third kappa shape index (κ3) is 3.95. The van der Waals surface area contributed by atoms with Gasteiger partial charge in [0.25, 0.3) is 0 Å². The average Bonchev–Trinajstić information content (AvgIpc) is 2.41. The molecule has 0 bridgehead atoms. The van der Waals surface area contributed by atoms with E-state index < -0.39 is 0 Å². The Labute approximate surface area is 123 Å². The van der Waals surface area contributed by atoms with Crippen molar-refractivity contribution < 1.29 is 9.13 Å². The highest BCUT2D eigenvalue weighted by atomic mass is 35.5. The van der Waals surface area contributed by atoms with Crippen molar-refractivity contribution in [3.8, 4) is 11.5 Å². The maximum atomic E-state index is 13.1. The summed E-state index contributed by atoms with van der Waals surface area (Å²) in [5, 5.41) is 0.614. The normalized spacial score (nSPS) is 12.2. The van der Waals surface area contributed by atoms with Crippen LogP contribution in [0.3, 0.4) is 0 Å². The first-order valence-corrected chi connectivity index (χ1v) is 6.93. The van der Waals surface area contributed by atoms with Crippen LogP contribution < -0.4 is 10.5 Å². The van der Waals surface area contributed by atoms with Crippen LogP contribution in [0, 0.1) is 5.82 Å². The van der Waals surface area contributed by atoms with Crippen LogP contribution in [-0.4, -0.2) is 6.04 Å².